The molecule has 7 heteroatoms. The first-order chi connectivity index (χ1) is 7.99. The number of hydrogen-bond acceptors (Lipinski definition) is 5. The average Bonchev–Trinajstić information content (AvgIpc) is 2.83. The van der Waals surface area contributed by atoms with Crippen molar-refractivity contribution in [1.29, 1.82) is 0 Å². The summed E-state index contributed by atoms with van der Waals surface area (Å²) in [5.41, 5.74) is 7.63. The van der Waals surface area contributed by atoms with Crippen LogP contribution in [0.25, 0.3) is 10.6 Å². The van der Waals surface area contributed by atoms with Gasteiger partial charge in [-0.15, -0.1) is 11.3 Å². The van der Waals surface area contributed by atoms with Gasteiger partial charge in [0.05, 0.1) is 17.0 Å². The Morgan fingerprint density at radius 2 is 2.35 bits per heavy atom. The summed E-state index contributed by atoms with van der Waals surface area (Å²) < 4.78 is 1.70. The molecule has 6 nitrogen and oxygen atoms in total. The highest BCUT2D eigenvalue weighted by Gasteiger charge is 2.19. The van der Waals surface area contributed by atoms with E-state index in [2.05, 4.69) is 10.1 Å². The third-order valence-electron chi connectivity index (χ3n) is 2.35. The minimum atomic E-state index is -1.08. The van der Waals surface area contributed by atoms with Crippen LogP contribution in [0.2, 0.25) is 0 Å². The monoisotopic (exact) mass is 252 g/mol. The molecule has 0 saturated carbocycles. The van der Waals surface area contributed by atoms with Crippen LogP contribution in [0.4, 0.5) is 0 Å². The summed E-state index contributed by atoms with van der Waals surface area (Å²) in [6.07, 6.45) is 1.85. The molecule has 0 radical (unpaired) electrons. The van der Waals surface area contributed by atoms with Gasteiger partial charge in [-0.2, -0.15) is 5.10 Å². The molecule has 90 valence electrons. The van der Waals surface area contributed by atoms with Gasteiger partial charge in [-0.3, -0.25) is 9.48 Å². The molecule has 2 rings (SSSR count). The van der Waals surface area contributed by atoms with E-state index in [4.69, 9.17) is 10.8 Å². The van der Waals surface area contributed by atoms with Crippen molar-refractivity contribution < 1.29 is 9.90 Å². The van der Waals surface area contributed by atoms with Gasteiger partial charge < -0.3 is 10.8 Å². The maximum Gasteiger partial charge on any atom is 0.326 e. The van der Waals surface area contributed by atoms with Gasteiger partial charge in [-0.1, -0.05) is 0 Å². The average molecular weight is 252 g/mol. The number of hydrogen-bond donors (Lipinski definition) is 2. The molecule has 2 aromatic rings. The Hall–Kier alpha value is -1.73. The zero-order chi connectivity index (χ0) is 12.6. The normalized spacial score (nSPS) is 12.6. The predicted molar refractivity (Wildman–Crippen MR) is 63.6 cm³/mol. The first-order valence-corrected chi connectivity index (χ1v) is 5.81. The third-order valence-corrected chi connectivity index (χ3v) is 3.24. The van der Waals surface area contributed by atoms with Crippen LogP contribution in [0.5, 0.6) is 0 Å². The lowest BCUT2D eigenvalue weighted by molar-refractivity contribution is -0.138. The topological polar surface area (TPSA) is 94.0 Å². The maximum absolute atomic E-state index is 10.7. The zero-order valence-electron chi connectivity index (χ0n) is 9.41. The highest BCUT2D eigenvalue weighted by atomic mass is 32.1. The van der Waals surface area contributed by atoms with E-state index >= 15 is 0 Å². The van der Waals surface area contributed by atoms with Crippen molar-refractivity contribution >= 4 is 17.3 Å². The fourth-order valence-electron chi connectivity index (χ4n) is 1.49. The van der Waals surface area contributed by atoms with Gasteiger partial charge in [0.25, 0.3) is 0 Å². The minimum Gasteiger partial charge on any atom is -0.480 e. The van der Waals surface area contributed by atoms with E-state index in [1.807, 2.05) is 20.2 Å². The smallest absolute Gasteiger partial charge is 0.326 e. The molecule has 3 N–H and O–H groups in total. The van der Waals surface area contributed by atoms with Gasteiger partial charge in [0.2, 0.25) is 0 Å². The molecule has 0 amide bonds. The number of aliphatic carboxylic acids is 1. The second-order valence-corrected chi connectivity index (χ2v) is 4.55. The van der Waals surface area contributed by atoms with Crippen molar-refractivity contribution in [3.63, 3.8) is 0 Å². The molecule has 0 aromatic carbocycles. The number of carboxylic acid groups (broad SMARTS) is 1. The Kier molecular flexibility index (Phi) is 2.95. The maximum atomic E-state index is 10.7. The molecule has 0 fully saturated rings. The van der Waals surface area contributed by atoms with E-state index in [9.17, 15) is 4.79 Å². The molecule has 0 aliphatic heterocycles. The molecular formula is C10H12N4O2S. The number of carbonyl (C=O) groups is 1. The van der Waals surface area contributed by atoms with Crippen LogP contribution in [-0.2, 0) is 11.8 Å². The molecular weight excluding hydrogens is 240 g/mol. The molecule has 0 aliphatic carbocycles. The molecule has 0 spiro atoms. The van der Waals surface area contributed by atoms with Crippen molar-refractivity contribution in [2.75, 3.05) is 0 Å². The summed E-state index contributed by atoms with van der Waals surface area (Å²) in [5, 5.41) is 15.4. The molecule has 17 heavy (non-hydrogen) atoms. The van der Waals surface area contributed by atoms with Crippen molar-refractivity contribution in [2.24, 2.45) is 12.8 Å². The first kappa shape index (κ1) is 11.7. The van der Waals surface area contributed by atoms with Gasteiger partial charge in [-0.05, 0) is 6.92 Å². The van der Waals surface area contributed by atoms with Crippen LogP contribution in [0, 0.1) is 6.92 Å². The number of aryl methyl sites for hydroxylation is 2. The Morgan fingerprint density at radius 1 is 1.65 bits per heavy atom. The number of rotatable bonds is 3. The summed E-state index contributed by atoms with van der Waals surface area (Å²) in [6, 6.07) is -1.07. The predicted octanol–water partition coefficient (Wildman–Crippen LogP) is 0.936. The van der Waals surface area contributed by atoms with Gasteiger partial charge in [-0.25, -0.2) is 4.98 Å². The highest BCUT2D eigenvalue weighted by Crippen LogP contribution is 2.27. The fraction of sp³-hybridized carbons (Fsp3) is 0.300. The largest absolute Gasteiger partial charge is 0.480 e. The van der Waals surface area contributed by atoms with E-state index in [0.717, 1.165) is 16.3 Å². The van der Waals surface area contributed by atoms with Crippen LogP contribution in [0.3, 0.4) is 0 Å². The Morgan fingerprint density at radius 3 is 2.88 bits per heavy atom. The van der Waals surface area contributed by atoms with E-state index in [0.29, 0.717) is 5.69 Å². The lowest BCUT2D eigenvalue weighted by Crippen LogP contribution is -2.20. The van der Waals surface area contributed by atoms with Gasteiger partial charge in [0.1, 0.15) is 11.0 Å². The lowest BCUT2D eigenvalue weighted by Gasteiger charge is -2.00. The number of nitrogens with zero attached hydrogens (tertiary/aromatic N) is 3. The van der Waals surface area contributed by atoms with Crippen molar-refractivity contribution in [1.82, 2.24) is 14.8 Å². The number of carboxylic acids is 1. The van der Waals surface area contributed by atoms with Gasteiger partial charge in [0.15, 0.2) is 0 Å². The standard InChI is InChI=1S/C10H12N4O2S/c1-5-6(3-14(2)13-5)9-12-7(4-17-9)8(11)10(15)16/h3-4,8H,11H2,1-2H3,(H,15,16). The van der Waals surface area contributed by atoms with Crippen molar-refractivity contribution in [2.45, 2.75) is 13.0 Å². The Balaban J connectivity index is 2.36. The van der Waals surface area contributed by atoms with E-state index < -0.39 is 12.0 Å². The number of aromatic nitrogens is 3. The van der Waals surface area contributed by atoms with Gasteiger partial charge in [0, 0.05) is 18.6 Å². The molecule has 0 aliphatic rings. The van der Waals surface area contributed by atoms with Crippen molar-refractivity contribution in [3.05, 3.63) is 23.0 Å². The summed E-state index contributed by atoms with van der Waals surface area (Å²) in [6.45, 7) is 1.88. The number of thiazole rings is 1. The molecule has 1 atom stereocenters. The summed E-state index contributed by atoms with van der Waals surface area (Å²) in [4.78, 5) is 15.0. The van der Waals surface area contributed by atoms with E-state index in [-0.39, 0.29) is 0 Å². The third kappa shape index (κ3) is 2.20. The van der Waals surface area contributed by atoms with Crippen LogP contribution in [-0.4, -0.2) is 25.8 Å². The Bertz CT molecular complexity index is 560. The summed E-state index contributed by atoms with van der Waals surface area (Å²) in [7, 11) is 1.83. The van der Waals surface area contributed by atoms with Crippen LogP contribution >= 0.6 is 11.3 Å². The fourth-order valence-corrected chi connectivity index (χ4v) is 2.41. The van der Waals surface area contributed by atoms with Crippen LogP contribution < -0.4 is 5.73 Å². The second-order valence-electron chi connectivity index (χ2n) is 3.70. The van der Waals surface area contributed by atoms with Crippen molar-refractivity contribution in [3.8, 4) is 10.6 Å². The SMILES string of the molecule is Cc1nn(C)cc1-c1nc(C(N)C(=O)O)cs1. The first-order valence-electron chi connectivity index (χ1n) is 4.93. The summed E-state index contributed by atoms with van der Waals surface area (Å²) in [5.74, 6) is -1.08. The highest BCUT2D eigenvalue weighted by molar-refractivity contribution is 7.13. The lowest BCUT2D eigenvalue weighted by atomic mass is 10.2. The molecule has 1 unspecified atom stereocenters. The van der Waals surface area contributed by atoms with Gasteiger partial charge >= 0.3 is 5.97 Å². The minimum absolute atomic E-state index is 0.376. The quantitative estimate of drug-likeness (QED) is 0.847. The molecule has 2 heterocycles. The Labute approximate surface area is 102 Å². The van der Waals surface area contributed by atoms with E-state index in [1.54, 1.807) is 10.1 Å². The van der Waals surface area contributed by atoms with Crippen LogP contribution in [0.15, 0.2) is 11.6 Å². The molecule has 0 bridgehead atoms. The molecule has 2 aromatic heterocycles. The summed E-state index contributed by atoms with van der Waals surface area (Å²) >= 11 is 1.37. The second kappa shape index (κ2) is 4.27. The number of nitrogens with two attached hydrogens (primary N) is 1. The van der Waals surface area contributed by atoms with E-state index in [1.165, 1.54) is 11.3 Å². The molecule has 0 saturated heterocycles. The zero-order valence-corrected chi connectivity index (χ0v) is 10.2. The van der Waals surface area contributed by atoms with Crippen LogP contribution in [0.1, 0.15) is 17.4 Å².